The summed E-state index contributed by atoms with van der Waals surface area (Å²) >= 11 is 0. The minimum Gasteiger partial charge on any atom is -0.453 e. The van der Waals surface area contributed by atoms with Crippen molar-refractivity contribution in [3.63, 3.8) is 0 Å². The Morgan fingerprint density at radius 1 is 0.481 bits per heavy atom. The van der Waals surface area contributed by atoms with Crippen LogP contribution in [0.1, 0.15) is 128 Å². The molecule has 10 aromatic rings. The fraction of sp³-hybridized carbons (Fsp3) is 0.260. The lowest BCUT2D eigenvalue weighted by atomic mass is 9.33. The molecule has 0 N–H and O–H groups in total. The Kier molecular flexibility index (Phi) is 12.1. The molecule has 4 heteroatoms. The number of benzene rings is 9. The smallest absolute Gasteiger partial charge is 0.247 e. The number of anilines is 6. The molecular weight excluding hydrogens is 932 g/mol. The van der Waals surface area contributed by atoms with E-state index in [2.05, 4.69) is 287 Å². The Morgan fingerprint density at radius 3 is 1.73 bits per heavy atom. The van der Waals surface area contributed by atoms with Crippen LogP contribution in [0.25, 0.3) is 33.1 Å². The molecular formula is C73H73BN2O. The number of rotatable bonds is 7. The summed E-state index contributed by atoms with van der Waals surface area (Å²) in [6.45, 7) is 28.6. The molecule has 9 aromatic carbocycles. The molecule has 1 aromatic heterocycles. The van der Waals surface area contributed by atoms with E-state index in [1.807, 2.05) is 0 Å². The summed E-state index contributed by atoms with van der Waals surface area (Å²) in [6, 6.07) is 73.1. The van der Waals surface area contributed by atoms with Crippen molar-refractivity contribution < 1.29 is 4.42 Å². The molecule has 0 aliphatic carbocycles. The van der Waals surface area contributed by atoms with Gasteiger partial charge in [-0.3, -0.25) is 0 Å². The van der Waals surface area contributed by atoms with Crippen LogP contribution >= 0.6 is 0 Å². The standard InChI is InChI=1S/C73H73BN2O/c1-70(2,3)57-35-20-19-29-48(57)43-49-44-56-58(71(4,5)6)37-25-39-61(56)74-62-40-26-38-60(73(10,11)12)67(62)76(63-41-22-21-36-59(63)72(7,8)9)65-46-51(45-55(49)66(65)74)75(50-30-17-14-18-31-50)64-42-24-34-54-53-33-23-32-52(68(53)77-69(54)64)47-27-15-13-16-28-47/h13-42,45-46,49H,43-44H2,1-12H3. The van der Waals surface area contributed by atoms with Crippen LogP contribution in [0.3, 0.4) is 0 Å². The molecule has 77 heavy (non-hydrogen) atoms. The Hall–Kier alpha value is -7.56. The lowest BCUT2D eigenvalue weighted by Crippen LogP contribution is -2.59. The third-order valence-corrected chi connectivity index (χ3v) is 16.7. The lowest BCUT2D eigenvalue weighted by Gasteiger charge is -2.43. The van der Waals surface area contributed by atoms with Gasteiger partial charge in [-0.25, -0.2) is 0 Å². The highest BCUT2D eigenvalue weighted by atomic mass is 16.3. The van der Waals surface area contributed by atoms with Crippen molar-refractivity contribution in [2.45, 2.75) is 124 Å². The van der Waals surface area contributed by atoms with Crippen LogP contribution in [0, 0.1) is 0 Å². The number of fused-ring (bicyclic) bond motifs is 7. The first-order valence-electron chi connectivity index (χ1n) is 28.0. The second-order valence-corrected chi connectivity index (χ2v) is 26.1. The highest BCUT2D eigenvalue weighted by Gasteiger charge is 2.45. The van der Waals surface area contributed by atoms with Crippen molar-refractivity contribution in [2.24, 2.45) is 0 Å². The predicted octanol–water partition coefficient (Wildman–Crippen LogP) is 18.1. The second kappa shape index (κ2) is 18.6. The van der Waals surface area contributed by atoms with Crippen molar-refractivity contribution in [3.05, 3.63) is 233 Å². The maximum Gasteiger partial charge on any atom is 0.247 e. The molecule has 0 radical (unpaired) electrons. The molecule has 0 saturated heterocycles. The minimum atomic E-state index is -0.177. The summed E-state index contributed by atoms with van der Waals surface area (Å²) in [5.74, 6) is 0.125. The zero-order valence-electron chi connectivity index (χ0n) is 47.3. The summed E-state index contributed by atoms with van der Waals surface area (Å²) in [5.41, 5.74) is 24.5. The van der Waals surface area contributed by atoms with Gasteiger partial charge in [-0.05, 0) is 132 Å². The third-order valence-electron chi connectivity index (χ3n) is 16.7. The minimum absolute atomic E-state index is 0.0232. The van der Waals surface area contributed by atoms with E-state index in [1.54, 1.807) is 0 Å². The quantitative estimate of drug-likeness (QED) is 0.148. The third kappa shape index (κ3) is 8.69. The zero-order chi connectivity index (χ0) is 53.8. The average Bonchev–Trinajstić information content (AvgIpc) is 4.01. The van der Waals surface area contributed by atoms with E-state index in [0.29, 0.717) is 0 Å². The number of hydrogen-bond donors (Lipinski definition) is 0. The number of furan rings is 1. The van der Waals surface area contributed by atoms with Gasteiger partial charge in [0.15, 0.2) is 5.58 Å². The molecule has 1 atom stereocenters. The normalized spacial score (nSPS) is 14.6. The van der Waals surface area contributed by atoms with Crippen LogP contribution in [0.2, 0.25) is 0 Å². The maximum absolute atomic E-state index is 7.33. The van der Waals surface area contributed by atoms with Gasteiger partial charge in [-0.15, -0.1) is 0 Å². The molecule has 2 aliphatic rings. The van der Waals surface area contributed by atoms with Gasteiger partial charge in [-0.1, -0.05) is 246 Å². The van der Waals surface area contributed by atoms with Gasteiger partial charge in [0.2, 0.25) is 6.71 Å². The van der Waals surface area contributed by atoms with Crippen LogP contribution in [0.5, 0.6) is 0 Å². The van der Waals surface area contributed by atoms with E-state index in [0.717, 1.165) is 63.0 Å². The van der Waals surface area contributed by atoms with Crippen LogP contribution < -0.4 is 26.2 Å². The Labute approximate surface area is 458 Å². The first-order valence-corrected chi connectivity index (χ1v) is 28.0. The molecule has 2 aliphatic heterocycles. The van der Waals surface area contributed by atoms with Gasteiger partial charge in [0, 0.05) is 44.8 Å². The summed E-state index contributed by atoms with van der Waals surface area (Å²) in [5, 5.41) is 2.20. The maximum atomic E-state index is 7.33. The summed E-state index contributed by atoms with van der Waals surface area (Å²) in [7, 11) is 0. The fourth-order valence-electron chi connectivity index (χ4n) is 13.3. The molecule has 0 amide bonds. The summed E-state index contributed by atoms with van der Waals surface area (Å²) in [4.78, 5) is 5.21. The van der Waals surface area contributed by atoms with Gasteiger partial charge in [0.1, 0.15) is 5.58 Å². The van der Waals surface area contributed by atoms with Gasteiger partial charge < -0.3 is 14.2 Å². The average molecular weight is 1010 g/mol. The molecule has 0 spiro atoms. The first kappa shape index (κ1) is 50.3. The van der Waals surface area contributed by atoms with E-state index in [-0.39, 0.29) is 34.3 Å². The Balaban J connectivity index is 1.24. The summed E-state index contributed by atoms with van der Waals surface area (Å²) in [6.07, 6.45) is 1.81. The molecule has 3 heterocycles. The highest BCUT2D eigenvalue weighted by molar-refractivity contribution is 6.98. The fourth-order valence-corrected chi connectivity index (χ4v) is 13.3. The van der Waals surface area contributed by atoms with Crippen molar-refractivity contribution >= 4 is 79.2 Å². The number of hydrogen-bond acceptors (Lipinski definition) is 3. The first-order chi connectivity index (χ1) is 36.8. The van der Waals surface area contributed by atoms with Crippen LogP contribution in [0.4, 0.5) is 34.1 Å². The number of para-hydroxylation sites is 5. The topological polar surface area (TPSA) is 19.6 Å². The van der Waals surface area contributed by atoms with Crippen LogP contribution in [-0.4, -0.2) is 6.71 Å². The molecule has 1 unspecified atom stereocenters. The molecule has 3 nitrogen and oxygen atoms in total. The van der Waals surface area contributed by atoms with Gasteiger partial charge in [-0.2, -0.15) is 0 Å². The van der Waals surface area contributed by atoms with E-state index in [4.69, 9.17) is 4.42 Å². The SMILES string of the molecule is CC(C)(C)c1ccccc1CC1Cc2c(cccc2C(C)(C)C)B2c3cccc(C(C)(C)C)c3N(c3ccccc3C(C)(C)C)c3cc(N(c4ccccc4)c4cccc5c4oc4c(-c6ccccc6)cccc45)cc1c32. The van der Waals surface area contributed by atoms with Crippen molar-refractivity contribution in [3.8, 4) is 11.1 Å². The van der Waals surface area contributed by atoms with Crippen LogP contribution in [-0.2, 0) is 34.5 Å². The number of nitrogens with zero attached hydrogens (tertiary/aromatic N) is 2. The monoisotopic (exact) mass is 1000 g/mol. The molecule has 12 rings (SSSR count). The molecule has 384 valence electrons. The van der Waals surface area contributed by atoms with Crippen molar-refractivity contribution in [1.82, 2.24) is 0 Å². The van der Waals surface area contributed by atoms with E-state index < -0.39 is 0 Å². The lowest BCUT2D eigenvalue weighted by molar-refractivity contribution is 0.564. The van der Waals surface area contributed by atoms with Crippen LogP contribution in [0.15, 0.2) is 199 Å². The van der Waals surface area contributed by atoms with E-state index >= 15 is 0 Å². The van der Waals surface area contributed by atoms with E-state index in [1.165, 1.54) is 72.4 Å². The highest BCUT2D eigenvalue weighted by Crippen LogP contribution is 2.51. The molecule has 0 saturated carbocycles. The predicted molar refractivity (Wildman–Crippen MR) is 331 cm³/mol. The Morgan fingerprint density at radius 2 is 1.04 bits per heavy atom. The molecule has 0 fully saturated rings. The zero-order valence-corrected chi connectivity index (χ0v) is 47.3. The van der Waals surface area contributed by atoms with E-state index in [9.17, 15) is 0 Å². The summed E-state index contributed by atoms with van der Waals surface area (Å²) < 4.78 is 7.33. The van der Waals surface area contributed by atoms with Gasteiger partial charge in [0.05, 0.1) is 5.69 Å². The largest absolute Gasteiger partial charge is 0.453 e. The van der Waals surface area contributed by atoms with Gasteiger partial charge >= 0.3 is 0 Å². The Bertz CT molecular complexity index is 3870. The van der Waals surface area contributed by atoms with Crippen molar-refractivity contribution in [2.75, 3.05) is 9.80 Å². The second-order valence-electron chi connectivity index (χ2n) is 26.1. The van der Waals surface area contributed by atoms with Gasteiger partial charge in [0.25, 0.3) is 0 Å². The molecule has 0 bridgehead atoms. The van der Waals surface area contributed by atoms with Crippen molar-refractivity contribution in [1.29, 1.82) is 0 Å².